The van der Waals surface area contributed by atoms with E-state index in [0.717, 1.165) is 24.0 Å². The second kappa shape index (κ2) is 7.18. The first-order chi connectivity index (χ1) is 12.0. The lowest BCUT2D eigenvalue weighted by molar-refractivity contribution is -0.384. The van der Waals surface area contributed by atoms with Crippen LogP contribution in [0.4, 0.5) is 5.69 Å². The highest BCUT2D eigenvalue weighted by Gasteiger charge is 2.28. The summed E-state index contributed by atoms with van der Waals surface area (Å²) in [4.78, 5) is 36.5. The van der Waals surface area contributed by atoms with Crippen molar-refractivity contribution < 1.29 is 19.6 Å². The predicted molar refractivity (Wildman–Crippen MR) is 94.0 cm³/mol. The number of thiophene rings is 1. The standard InChI is InChI=1S/C17H18N2O5S/c20-16(21)7-5-12-3-1-2-8-18(12)17(22)15-10-11-9-13(19(23)24)4-6-14(11)25-15/h4,6,9-10,12H,1-3,5,7-8H2,(H,20,21). The quantitative estimate of drug-likeness (QED) is 0.646. The maximum Gasteiger partial charge on any atom is 0.303 e. The Morgan fingerprint density at radius 3 is 2.84 bits per heavy atom. The molecule has 25 heavy (non-hydrogen) atoms. The summed E-state index contributed by atoms with van der Waals surface area (Å²) in [7, 11) is 0. The number of aliphatic carboxylic acids is 1. The van der Waals surface area contributed by atoms with Gasteiger partial charge in [-0.15, -0.1) is 11.3 Å². The number of benzene rings is 1. The second-order valence-corrected chi connectivity index (χ2v) is 7.25. The minimum Gasteiger partial charge on any atom is -0.481 e. The largest absolute Gasteiger partial charge is 0.481 e. The topological polar surface area (TPSA) is 101 Å². The van der Waals surface area contributed by atoms with Gasteiger partial charge in [0, 0.05) is 41.2 Å². The zero-order chi connectivity index (χ0) is 18.0. The van der Waals surface area contributed by atoms with Gasteiger partial charge in [0.1, 0.15) is 0 Å². The van der Waals surface area contributed by atoms with E-state index in [0.29, 0.717) is 23.2 Å². The molecule has 1 aromatic carbocycles. The van der Waals surface area contributed by atoms with Crippen LogP contribution >= 0.6 is 11.3 Å². The summed E-state index contributed by atoms with van der Waals surface area (Å²) >= 11 is 1.32. The molecule has 2 aromatic rings. The molecular formula is C17H18N2O5S. The predicted octanol–water partition coefficient (Wildman–Crippen LogP) is 3.67. The third-order valence-electron chi connectivity index (χ3n) is 4.50. The van der Waals surface area contributed by atoms with Crippen molar-refractivity contribution in [2.24, 2.45) is 0 Å². The van der Waals surface area contributed by atoms with Gasteiger partial charge in [-0.1, -0.05) is 0 Å². The number of nitrogens with zero attached hydrogens (tertiary/aromatic N) is 2. The van der Waals surface area contributed by atoms with Crippen LogP contribution in [0.3, 0.4) is 0 Å². The maximum atomic E-state index is 12.9. The molecule has 1 unspecified atom stereocenters. The molecule has 1 fully saturated rings. The number of carbonyl (C=O) groups is 2. The van der Waals surface area contributed by atoms with Crippen LogP contribution in [0.15, 0.2) is 24.3 Å². The van der Waals surface area contributed by atoms with E-state index < -0.39 is 10.9 Å². The van der Waals surface area contributed by atoms with Gasteiger partial charge in [0.2, 0.25) is 0 Å². The molecule has 0 aliphatic carbocycles. The van der Waals surface area contributed by atoms with E-state index in [1.807, 2.05) is 0 Å². The minimum absolute atomic E-state index is 0.00149. The van der Waals surface area contributed by atoms with Crippen LogP contribution in [-0.4, -0.2) is 39.4 Å². The van der Waals surface area contributed by atoms with E-state index in [1.165, 1.54) is 23.5 Å². The van der Waals surface area contributed by atoms with Crippen LogP contribution in [-0.2, 0) is 4.79 Å². The highest BCUT2D eigenvalue weighted by molar-refractivity contribution is 7.20. The molecule has 1 aliphatic heterocycles. The Balaban J connectivity index is 1.84. The number of piperidine rings is 1. The van der Waals surface area contributed by atoms with Gasteiger partial charge < -0.3 is 10.0 Å². The summed E-state index contributed by atoms with van der Waals surface area (Å²) in [5, 5.41) is 20.5. The van der Waals surface area contributed by atoms with Gasteiger partial charge in [-0.25, -0.2) is 0 Å². The summed E-state index contributed by atoms with van der Waals surface area (Å²) in [5.74, 6) is -0.967. The van der Waals surface area contributed by atoms with Gasteiger partial charge in [-0.2, -0.15) is 0 Å². The maximum absolute atomic E-state index is 12.9. The number of carbonyl (C=O) groups excluding carboxylic acids is 1. The number of carboxylic acids is 1. The van der Waals surface area contributed by atoms with Gasteiger partial charge in [-0.05, 0) is 37.8 Å². The first kappa shape index (κ1) is 17.3. The van der Waals surface area contributed by atoms with Gasteiger partial charge in [0.25, 0.3) is 11.6 Å². The Bertz CT molecular complexity index is 832. The summed E-state index contributed by atoms with van der Waals surface area (Å²) in [6.07, 6.45) is 3.22. The fourth-order valence-corrected chi connectivity index (χ4v) is 4.25. The molecule has 1 amide bonds. The minimum atomic E-state index is -0.854. The van der Waals surface area contributed by atoms with Gasteiger partial charge in [-0.3, -0.25) is 19.7 Å². The molecule has 132 valence electrons. The zero-order valence-corrected chi connectivity index (χ0v) is 14.3. The molecule has 1 aromatic heterocycles. The fraction of sp³-hybridized carbons (Fsp3) is 0.412. The van der Waals surface area contributed by atoms with E-state index in [2.05, 4.69) is 0 Å². The first-order valence-corrected chi connectivity index (χ1v) is 8.98. The highest BCUT2D eigenvalue weighted by Crippen LogP contribution is 2.31. The van der Waals surface area contributed by atoms with Crippen LogP contribution in [0.25, 0.3) is 10.1 Å². The Kier molecular flexibility index (Phi) is 4.98. The van der Waals surface area contributed by atoms with Gasteiger partial charge >= 0.3 is 5.97 Å². The third kappa shape index (κ3) is 3.79. The SMILES string of the molecule is O=C(O)CCC1CCCCN1C(=O)c1cc2cc([N+](=O)[O-])ccc2s1. The zero-order valence-electron chi connectivity index (χ0n) is 13.5. The Labute approximate surface area is 148 Å². The van der Waals surface area contributed by atoms with Crippen LogP contribution in [0.2, 0.25) is 0 Å². The summed E-state index contributed by atoms with van der Waals surface area (Å²) in [5.41, 5.74) is 0.00149. The van der Waals surface area contributed by atoms with Crippen LogP contribution in [0, 0.1) is 10.1 Å². The number of non-ortho nitro benzene ring substituents is 1. The number of rotatable bonds is 5. The molecule has 1 aliphatic rings. The highest BCUT2D eigenvalue weighted by atomic mass is 32.1. The van der Waals surface area contributed by atoms with Crippen molar-refractivity contribution in [3.8, 4) is 0 Å². The lowest BCUT2D eigenvalue weighted by atomic mass is 9.97. The lowest BCUT2D eigenvalue weighted by Crippen LogP contribution is -2.43. The summed E-state index contributed by atoms with van der Waals surface area (Å²) in [6, 6.07) is 6.20. The van der Waals surface area contributed by atoms with E-state index in [1.54, 1.807) is 17.0 Å². The number of hydrogen-bond donors (Lipinski definition) is 1. The molecule has 1 N–H and O–H groups in total. The van der Waals surface area contributed by atoms with E-state index >= 15 is 0 Å². The molecular weight excluding hydrogens is 344 g/mol. The van der Waals surface area contributed by atoms with Gasteiger partial charge in [0.05, 0.1) is 9.80 Å². The van der Waals surface area contributed by atoms with Crippen molar-refractivity contribution >= 4 is 39.0 Å². The average molecular weight is 362 g/mol. The van der Waals surface area contributed by atoms with E-state index in [4.69, 9.17) is 5.11 Å². The molecule has 2 heterocycles. The smallest absolute Gasteiger partial charge is 0.303 e. The number of nitro benzene ring substituents is 1. The Hall–Kier alpha value is -2.48. The monoisotopic (exact) mass is 362 g/mol. The van der Waals surface area contributed by atoms with Crippen LogP contribution in [0.1, 0.15) is 41.8 Å². The van der Waals surface area contributed by atoms with E-state index in [-0.39, 0.29) is 24.1 Å². The summed E-state index contributed by atoms with van der Waals surface area (Å²) in [6.45, 7) is 0.623. The van der Waals surface area contributed by atoms with Crippen molar-refractivity contribution in [1.29, 1.82) is 0 Å². The molecule has 8 heteroatoms. The molecule has 0 spiro atoms. The molecule has 0 saturated carbocycles. The van der Waals surface area contributed by atoms with Crippen molar-refractivity contribution in [2.75, 3.05) is 6.54 Å². The third-order valence-corrected chi connectivity index (χ3v) is 5.60. The summed E-state index contributed by atoms with van der Waals surface area (Å²) < 4.78 is 0.827. The van der Waals surface area contributed by atoms with Crippen molar-refractivity contribution in [2.45, 2.75) is 38.1 Å². The molecule has 0 bridgehead atoms. The number of fused-ring (bicyclic) bond motifs is 1. The van der Waals surface area contributed by atoms with E-state index in [9.17, 15) is 19.7 Å². The van der Waals surface area contributed by atoms with Crippen LogP contribution in [0.5, 0.6) is 0 Å². The molecule has 1 saturated heterocycles. The fourth-order valence-electron chi connectivity index (χ4n) is 3.25. The molecule has 1 atom stereocenters. The number of amides is 1. The Morgan fingerprint density at radius 1 is 1.32 bits per heavy atom. The van der Waals surface area contributed by atoms with Crippen molar-refractivity contribution in [3.63, 3.8) is 0 Å². The molecule has 0 radical (unpaired) electrons. The number of likely N-dealkylation sites (tertiary alicyclic amines) is 1. The van der Waals surface area contributed by atoms with Crippen molar-refractivity contribution in [3.05, 3.63) is 39.3 Å². The normalized spacial score (nSPS) is 17.6. The first-order valence-electron chi connectivity index (χ1n) is 8.16. The average Bonchev–Trinajstić information content (AvgIpc) is 3.02. The van der Waals surface area contributed by atoms with Crippen LogP contribution < -0.4 is 0 Å². The molecule has 3 rings (SSSR count). The number of nitro groups is 1. The van der Waals surface area contributed by atoms with Gasteiger partial charge in [0.15, 0.2) is 0 Å². The number of hydrogen-bond acceptors (Lipinski definition) is 5. The van der Waals surface area contributed by atoms with Crippen molar-refractivity contribution in [1.82, 2.24) is 4.90 Å². The molecule has 7 nitrogen and oxygen atoms in total. The lowest BCUT2D eigenvalue weighted by Gasteiger charge is -2.35. The Morgan fingerprint density at radius 2 is 2.12 bits per heavy atom. The second-order valence-electron chi connectivity index (χ2n) is 6.17. The number of carboxylic acid groups (broad SMARTS) is 1.